The second kappa shape index (κ2) is 8.06. The van der Waals surface area contributed by atoms with E-state index in [1.54, 1.807) is 12.1 Å². The Balaban J connectivity index is 1.68. The van der Waals surface area contributed by atoms with E-state index in [0.717, 1.165) is 26.4 Å². The second-order valence-electron chi connectivity index (χ2n) is 6.53. The second-order valence-corrected chi connectivity index (χ2v) is 9.08. The van der Waals surface area contributed by atoms with Crippen LogP contribution >= 0.6 is 31.0 Å². The number of amides is 1. The predicted octanol–water partition coefficient (Wildman–Crippen LogP) is 5.90. The van der Waals surface area contributed by atoms with Crippen LogP contribution in [0, 0.1) is 0 Å². The highest BCUT2D eigenvalue weighted by atomic mass is 35.5. The molecular weight excluding hydrogens is 413 g/mol. The van der Waals surface area contributed by atoms with Gasteiger partial charge in [-0.2, -0.15) is 0 Å². The molecule has 0 aliphatic carbocycles. The Morgan fingerprint density at radius 2 is 1.89 bits per heavy atom. The standard InChI is InChI=1S/C21H17ClNO3PS/c22-15-6-8-20-17(10-15)19(12-28-20)18(11-27(25)26)21(24)23-16-7-5-13-3-1-2-4-14(13)9-16/h1-10,12,18,27H,11H2,(H,23,24)(H,25,26). The lowest BCUT2D eigenvalue weighted by Gasteiger charge is -2.16. The fraction of sp³-hybridized carbons (Fsp3) is 0.0952. The highest BCUT2D eigenvalue weighted by Crippen LogP contribution is 2.37. The van der Waals surface area contributed by atoms with Crippen LogP contribution < -0.4 is 5.32 Å². The van der Waals surface area contributed by atoms with E-state index in [4.69, 9.17) is 11.6 Å². The van der Waals surface area contributed by atoms with Crippen LogP contribution in [0.3, 0.4) is 0 Å². The Kier molecular flexibility index (Phi) is 5.51. The molecule has 2 atom stereocenters. The van der Waals surface area contributed by atoms with Crippen LogP contribution in [-0.4, -0.2) is 17.0 Å². The maximum absolute atomic E-state index is 13.0. The first kappa shape index (κ1) is 19.2. The molecule has 0 spiro atoms. The van der Waals surface area contributed by atoms with Crippen LogP contribution in [-0.2, 0) is 9.36 Å². The van der Waals surface area contributed by atoms with Crippen LogP contribution in [0.25, 0.3) is 20.9 Å². The minimum absolute atomic E-state index is 0.109. The summed E-state index contributed by atoms with van der Waals surface area (Å²) in [6.45, 7) is 0. The Hall–Kier alpha value is -2.17. The number of hydrogen-bond acceptors (Lipinski definition) is 3. The monoisotopic (exact) mass is 429 g/mol. The topological polar surface area (TPSA) is 66.4 Å². The SMILES string of the molecule is O=C(Nc1ccc2ccccc2c1)C(C[PH](=O)O)c1csc2ccc(Cl)cc12. The molecule has 1 amide bonds. The van der Waals surface area contributed by atoms with E-state index in [2.05, 4.69) is 5.32 Å². The van der Waals surface area contributed by atoms with Crippen molar-refractivity contribution in [2.45, 2.75) is 5.92 Å². The number of carbonyl (C=O) groups excluding carboxylic acids is 1. The molecule has 1 aromatic heterocycles. The molecule has 0 saturated carbocycles. The minimum atomic E-state index is -2.85. The lowest BCUT2D eigenvalue weighted by atomic mass is 9.99. The quantitative estimate of drug-likeness (QED) is 0.388. The summed E-state index contributed by atoms with van der Waals surface area (Å²) in [7, 11) is -2.85. The first-order valence-electron chi connectivity index (χ1n) is 8.69. The molecule has 0 bridgehead atoms. The Labute approximate surface area is 171 Å². The van der Waals surface area contributed by atoms with Crippen LogP contribution in [0.5, 0.6) is 0 Å². The number of anilines is 1. The van der Waals surface area contributed by atoms with Crippen LogP contribution in [0.2, 0.25) is 5.02 Å². The van der Waals surface area contributed by atoms with Crippen LogP contribution in [0.4, 0.5) is 5.69 Å². The smallest absolute Gasteiger partial charge is 0.232 e. The summed E-state index contributed by atoms with van der Waals surface area (Å²) in [6, 6.07) is 19.0. The molecule has 3 aromatic carbocycles. The lowest BCUT2D eigenvalue weighted by molar-refractivity contribution is -0.117. The first-order valence-corrected chi connectivity index (χ1v) is 11.5. The van der Waals surface area contributed by atoms with Gasteiger partial charge < -0.3 is 10.2 Å². The number of carbonyl (C=O) groups is 1. The fourth-order valence-corrected chi connectivity index (χ4v) is 5.23. The molecule has 7 heteroatoms. The number of thiophene rings is 1. The third kappa shape index (κ3) is 3.98. The van der Waals surface area contributed by atoms with Crippen molar-refractivity contribution < 1.29 is 14.3 Å². The summed E-state index contributed by atoms with van der Waals surface area (Å²) >= 11 is 7.61. The van der Waals surface area contributed by atoms with E-state index in [1.807, 2.05) is 53.9 Å². The van der Waals surface area contributed by atoms with Gasteiger partial charge in [-0.15, -0.1) is 11.3 Å². The Bertz CT molecular complexity index is 1210. The summed E-state index contributed by atoms with van der Waals surface area (Å²) in [4.78, 5) is 22.6. The van der Waals surface area contributed by atoms with Crippen molar-refractivity contribution in [2.24, 2.45) is 0 Å². The number of hydrogen-bond donors (Lipinski definition) is 2. The summed E-state index contributed by atoms with van der Waals surface area (Å²) in [6.07, 6.45) is -0.109. The zero-order valence-corrected chi connectivity index (χ0v) is 17.3. The van der Waals surface area contributed by atoms with Crippen molar-refractivity contribution in [3.8, 4) is 0 Å². The molecule has 4 nitrogen and oxygen atoms in total. The van der Waals surface area contributed by atoms with Crippen molar-refractivity contribution in [2.75, 3.05) is 11.5 Å². The van der Waals surface area contributed by atoms with Crippen molar-refractivity contribution in [3.05, 3.63) is 76.6 Å². The summed E-state index contributed by atoms with van der Waals surface area (Å²) in [5.74, 6) is -1.03. The van der Waals surface area contributed by atoms with E-state index in [-0.39, 0.29) is 12.1 Å². The predicted molar refractivity (Wildman–Crippen MR) is 118 cm³/mol. The number of halogens is 1. The molecule has 1 heterocycles. The van der Waals surface area contributed by atoms with Crippen LogP contribution in [0.15, 0.2) is 66.0 Å². The van der Waals surface area contributed by atoms with Gasteiger partial charge in [0.2, 0.25) is 5.91 Å². The van der Waals surface area contributed by atoms with E-state index in [9.17, 15) is 14.3 Å². The normalized spacial score (nSPS) is 13.5. The fourth-order valence-electron chi connectivity index (χ4n) is 3.31. The van der Waals surface area contributed by atoms with Gasteiger partial charge in [-0.25, -0.2) is 0 Å². The molecule has 28 heavy (non-hydrogen) atoms. The molecule has 2 unspecified atom stereocenters. The van der Waals surface area contributed by atoms with E-state index in [0.29, 0.717) is 10.7 Å². The van der Waals surface area contributed by atoms with Gasteiger partial charge in [0.05, 0.1) is 5.92 Å². The molecule has 0 saturated heterocycles. The molecule has 0 aliphatic rings. The average Bonchev–Trinajstić information content (AvgIpc) is 3.08. The molecule has 0 fully saturated rings. The largest absolute Gasteiger partial charge is 0.346 e. The van der Waals surface area contributed by atoms with E-state index in [1.165, 1.54) is 11.3 Å². The maximum Gasteiger partial charge on any atom is 0.232 e. The third-order valence-corrected chi connectivity index (χ3v) is 6.63. The lowest BCUT2D eigenvalue weighted by Crippen LogP contribution is -2.22. The number of benzene rings is 3. The van der Waals surface area contributed by atoms with Gasteiger partial charge in [0, 0.05) is 21.6 Å². The first-order chi connectivity index (χ1) is 13.5. The summed E-state index contributed by atoms with van der Waals surface area (Å²) < 4.78 is 12.6. The number of fused-ring (bicyclic) bond motifs is 2. The number of nitrogens with one attached hydrogen (secondary N) is 1. The van der Waals surface area contributed by atoms with Crippen molar-refractivity contribution in [1.82, 2.24) is 0 Å². The van der Waals surface area contributed by atoms with Gasteiger partial charge in [0.25, 0.3) is 0 Å². The van der Waals surface area contributed by atoms with E-state index < -0.39 is 13.9 Å². The van der Waals surface area contributed by atoms with Crippen molar-refractivity contribution in [1.29, 1.82) is 0 Å². The third-order valence-electron chi connectivity index (χ3n) is 4.65. The molecule has 0 radical (unpaired) electrons. The van der Waals surface area contributed by atoms with Crippen LogP contribution in [0.1, 0.15) is 11.5 Å². The molecule has 4 aromatic rings. The number of rotatable bonds is 5. The average molecular weight is 430 g/mol. The van der Waals surface area contributed by atoms with E-state index >= 15 is 0 Å². The molecule has 2 N–H and O–H groups in total. The Morgan fingerprint density at radius 1 is 1.11 bits per heavy atom. The van der Waals surface area contributed by atoms with Gasteiger partial charge >= 0.3 is 0 Å². The zero-order valence-electron chi connectivity index (χ0n) is 14.7. The highest BCUT2D eigenvalue weighted by Gasteiger charge is 2.25. The summed E-state index contributed by atoms with van der Waals surface area (Å²) in [5, 5.41) is 8.29. The molecule has 0 aliphatic heterocycles. The Morgan fingerprint density at radius 3 is 2.68 bits per heavy atom. The molecular formula is C21H17ClNO3PS. The van der Waals surface area contributed by atoms with Gasteiger partial charge in [-0.05, 0) is 57.4 Å². The maximum atomic E-state index is 13.0. The minimum Gasteiger partial charge on any atom is -0.346 e. The summed E-state index contributed by atoms with van der Waals surface area (Å²) in [5.41, 5.74) is 1.39. The van der Waals surface area contributed by atoms with Gasteiger partial charge in [0.1, 0.15) is 0 Å². The van der Waals surface area contributed by atoms with Crippen molar-refractivity contribution in [3.63, 3.8) is 0 Å². The van der Waals surface area contributed by atoms with Gasteiger partial charge in [-0.1, -0.05) is 41.9 Å². The van der Waals surface area contributed by atoms with Gasteiger partial charge in [-0.3, -0.25) is 9.36 Å². The highest BCUT2D eigenvalue weighted by molar-refractivity contribution is 7.38. The molecule has 4 rings (SSSR count). The van der Waals surface area contributed by atoms with Gasteiger partial charge in [0.15, 0.2) is 8.03 Å². The zero-order chi connectivity index (χ0) is 19.7. The van der Waals surface area contributed by atoms with Crippen molar-refractivity contribution >= 4 is 63.4 Å². The molecule has 142 valence electrons.